The lowest BCUT2D eigenvalue weighted by Gasteiger charge is -2.06. The molecule has 0 saturated heterocycles. The molecule has 0 amide bonds. The molecule has 0 heterocycles. The van der Waals surface area contributed by atoms with E-state index in [-0.39, 0.29) is 24.6 Å². The van der Waals surface area contributed by atoms with Crippen molar-refractivity contribution in [2.75, 3.05) is 6.61 Å². The minimum atomic E-state index is -0.424. The van der Waals surface area contributed by atoms with Gasteiger partial charge < -0.3 is 4.74 Å². The fraction of sp³-hybridized carbons (Fsp3) is 0.133. The smallest absolute Gasteiger partial charge is 0.166 e. The summed E-state index contributed by atoms with van der Waals surface area (Å²) in [6.07, 6.45) is 0.142. The Morgan fingerprint density at radius 2 is 1.80 bits per heavy atom. The lowest BCUT2D eigenvalue weighted by Crippen LogP contribution is -2.06. The third kappa shape index (κ3) is 3.87. The summed E-state index contributed by atoms with van der Waals surface area (Å²) in [6.45, 7) is 0.136. The summed E-state index contributed by atoms with van der Waals surface area (Å²) in [6, 6.07) is 9.71. The molecule has 0 atom stereocenters. The minimum absolute atomic E-state index is 0.136. The van der Waals surface area contributed by atoms with Crippen molar-refractivity contribution in [3.05, 3.63) is 64.1 Å². The Morgan fingerprint density at radius 1 is 1.10 bits per heavy atom. The van der Waals surface area contributed by atoms with E-state index in [9.17, 15) is 13.6 Å². The summed E-state index contributed by atoms with van der Waals surface area (Å²) < 4.78 is 31.6. The highest BCUT2D eigenvalue weighted by atomic mass is 79.9. The van der Waals surface area contributed by atoms with E-state index in [1.54, 1.807) is 6.07 Å². The molecular formula is C15H11BrF2O2. The molecule has 5 heteroatoms. The zero-order valence-electron chi connectivity index (χ0n) is 10.4. The summed E-state index contributed by atoms with van der Waals surface area (Å²) in [7, 11) is 0. The largest absolute Gasteiger partial charge is 0.493 e. The average molecular weight is 341 g/mol. The molecule has 2 rings (SSSR count). The van der Waals surface area contributed by atoms with Crippen LogP contribution in [0.25, 0.3) is 0 Å². The van der Waals surface area contributed by atoms with Crippen molar-refractivity contribution in [2.45, 2.75) is 6.42 Å². The molecule has 0 fully saturated rings. The van der Waals surface area contributed by atoms with Gasteiger partial charge in [0.05, 0.1) is 11.1 Å². The molecule has 0 aromatic heterocycles. The van der Waals surface area contributed by atoms with E-state index in [0.29, 0.717) is 15.8 Å². The quantitative estimate of drug-likeness (QED) is 0.755. The lowest BCUT2D eigenvalue weighted by atomic mass is 10.1. The van der Waals surface area contributed by atoms with Crippen LogP contribution in [0.5, 0.6) is 5.75 Å². The predicted molar refractivity (Wildman–Crippen MR) is 74.9 cm³/mol. The third-order valence-electron chi connectivity index (χ3n) is 2.66. The number of benzene rings is 2. The topological polar surface area (TPSA) is 26.3 Å². The molecule has 0 aliphatic carbocycles. The van der Waals surface area contributed by atoms with Gasteiger partial charge in [0.15, 0.2) is 5.78 Å². The molecule has 0 saturated carbocycles. The van der Waals surface area contributed by atoms with Crippen molar-refractivity contribution in [1.29, 1.82) is 0 Å². The Bertz CT molecular complexity index is 612. The maximum atomic E-state index is 13.2. The van der Waals surface area contributed by atoms with Crippen molar-refractivity contribution in [3.63, 3.8) is 0 Å². The summed E-state index contributed by atoms with van der Waals surface area (Å²) in [5.41, 5.74) is 0.428. The Hall–Kier alpha value is -1.75. The van der Waals surface area contributed by atoms with Crippen molar-refractivity contribution >= 4 is 21.7 Å². The van der Waals surface area contributed by atoms with Crippen LogP contribution in [0.4, 0.5) is 8.78 Å². The van der Waals surface area contributed by atoms with Crippen LogP contribution < -0.4 is 4.74 Å². The molecule has 0 bridgehead atoms. The highest BCUT2D eigenvalue weighted by Gasteiger charge is 2.07. The fourth-order valence-corrected chi connectivity index (χ4v) is 1.85. The molecule has 0 unspecified atom stereocenters. The van der Waals surface area contributed by atoms with Gasteiger partial charge in [-0.05, 0) is 52.3 Å². The summed E-state index contributed by atoms with van der Waals surface area (Å²) in [5.74, 6) is -0.601. The Balaban J connectivity index is 1.87. The van der Waals surface area contributed by atoms with E-state index in [2.05, 4.69) is 15.9 Å². The van der Waals surface area contributed by atoms with Gasteiger partial charge in [-0.2, -0.15) is 0 Å². The van der Waals surface area contributed by atoms with Crippen LogP contribution in [0.15, 0.2) is 46.9 Å². The number of rotatable bonds is 5. The molecule has 2 aromatic carbocycles. The molecule has 0 aliphatic rings. The zero-order chi connectivity index (χ0) is 14.5. The van der Waals surface area contributed by atoms with Crippen molar-refractivity contribution in [3.8, 4) is 5.75 Å². The van der Waals surface area contributed by atoms with Gasteiger partial charge in [-0.3, -0.25) is 4.79 Å². The molecule has 104 valence electrons. The van der Waals surface area contributed by atoms with Crippen LogP contribution in [0, 0.1) is 11.6 Å². The van der Waals surface area contributed by atoms with Crippen LogP contribution in [-0.2, 0) is 0 Å². The number of carbonyl (C=O) groups excluding carboxylic acids is 1. The number of ether oxygens (including phenoxy) is 1. The molecule has 0 aliphatic heterocycles. The maximum Gasteiger partial charge on any atom is 0.166 e. The molecule has 0 N–H and O–H groups in total. The first kappa shape index (κ1) is 14.7. The van der Waals surface area contributed by atoms with Gasteiger partial charge in [-0.15, -0.1) is 0 Å². The van der Waals surface area contributed by atoms with Gasteiger partial charge >= 0.3 is 0 Å². The van der Waals surface area contributed by atoms with E-state index >= 15 is 0 Å². The Morgan fingerprint density at radius 3 is 2.45 bits per heavy atom. The molecule has 2 nitrogen and oxygen atoms in total. The molecule has 20 heavy (non-hydrogen) atoms. The first-order valence-electron chi connectivity index (χ1n) is 5.93. The van der Waals surface area contributed by atoms with Crippen molar-refractivity contribution in [2.24, 2.45) is 0 Å². The van der Waals surface area contributed by atoms with E-state index in [0.717, 1.165) is 0 Å². The minimum Gasteiger partial charge on any atom is -0.493 e. The van der Waals surface area contributed by atoms with E-state index in [1.807, 2.05) is 0 Å². The van der Waals surface area contributed by atoms with Crippen molar-refractivity contribution < 1.29 is 18.3 Å². The van der Waals surface area contributed by atoms with Crippen LogP contribution in [-0.4, -0.2) is 12.4 Å². The monoisotopic (exact) mass is 340 g/mol. The first-order valence-corrected chi connectivity index (χ1v) is 6.72. The number of ketones is 1. The standard InChI is InChI=1S/C15H11BrF2O2/c16-13-6-5-12(9-14(13)18)20-8-7-15(19)10-1-3-11(17)4-2-10/h1-6,9H,7-8H2. The highest BCUT2D eigenvalue weighted by molar-refractivity contribution is 9.10. The van der Waals surface area contributed by atoms with E-state index in [4.69, 9.17) is 4.74 Å². The fourth-order valence-electron chi connectivity index (χ4n) is 1.61. The number of hydrogen-bond acceptors (Lipinski definition) is 2. The summed E-state index contributed by atoms with van der Waals surface area (Å²) >= 11 is 3.04. The van der Waals surface area contributed by atoms with Gasteiger partial charge in [0, 0.05) is 18.1 Å². The van der Waals surface area contributed by atoms with Gasteiger partial charge in [0.1, 0.15) is 17.4 Å². The summed E-state index contributed by atoms with van der Waals surface area (Å²) in [4.78, 5) is 11.8. The van der Waals surface area contributed by atoms with Crippen LogP contribution in [0.2, 0.25) is 0 Å². The van der Waals surface area contributed by atoms with Crippen LogP contribution in [0.3, 0.4) is 0 Å². The number of hydrogen-bond donors (Lipinski definition) is 0. The van der Waals surface area contributed by atoms with Crippen molar-refractivity contribution in [1.82, 2.24) is 0 Å². The van der Waals surface area contributed by atoms with Crippen LogP contribution in [0.1, 0.15) is 16.8 Å². The molecule has 0 radical (unpaired) electrons. The summed E-state index contributed by atoms with van der Waals surface area (Å²) in [5, 5.41) is 0. The second kappa shape index (κ2) is 6.61. The van der Waals surface area contributed by atoms with Gasteiger partial charge in [-0.25, -0.2) is 8.78 Å². The van der Waals surface area contributed by atoms with Gasteiger partial charge in [0.2, 0.25) is 0 Å². The first-order chi connectivity index (χ1) is 9.56. The average Bonchev–Trinajstić information content (AvgIpc) is 2.43. The van der Waals surface area contributed by atoms with Gasteiger partial charge in [-0.1, -0.05) is 0 Å². The molecule has 0 spiro atoms. The number of carbonyl (C=O) groups is 1. The van der Waals surface area contributed by atoms with E-state index in [1.165, 1.54) is 36.4 Å². The second-order valence-electron chi connectivity index (χ2n) is 4.10. The normalized spacial score (nSPS) is 10.3. The number of halogens is 3. The Labute approximate surface area is 123 Å². The highest BCUT2D eigenvalue weighted by Crippen LogP contribution is 2.21. The maximum absolute atomic E-state index is 13.2. The SMILES string of the molecule is O=C(CCOc1ccc(Br)c(F)c1)c1ccc(F)cc1. The lowest BCUT2D eigenvalue weighted by molar-refractivity contribution is 0.0962. The second-order valence-corrected chi connectivity index (χ2v) is 4.96. The van der Waals surface area contributed by atoms with Gasteiger partial charge in [0.25, 0.3) is 0 Å². The zero-order valence-corrected chi connectivity index (χ0v) is 12.0. The third-order valence-corrected chi connectivity index (χ3v) is 3.30. The Kier molecular flexibility index (Phi) is 4.84. The van der Waals surface area contributed by atoms with Crippen LogP contribution >= 0.6 is 15.9 Å². The predicted octanol–water partition coefficient (Wildman–Crippen LogP) is 4.38. The van der Waals surface area contributed by atoms with E-state index < -0.39 is 5.82 Å². The molecular weight excluding hydrogens is 330 g/mol. The number of Topliss-reactive ketones (excluding diaryl/α,β-unsaturated/α-hetero) is 1. The molecule has 2 aromatic rings.